The molecule has 1 aromatic carbocycles. The number of aromatic hydroxyl groups is 2. The molecule has 0 atom stereocenters. The third kappa shape index (κ3) is 4.31. The molecule has 9 heteroatoms. The fourth-order valence-corrected chi connectivity index (χ4v) is 2.53. The molecule has 0 aliphatic carbocycles. The van der Waals surface area contributed by atoms with Crippen LogP contribution in [0.1, 0.15) is 0 Å². The van der Waals surface area contributed by atoms with Crippen LogP contribution in [0, 0.1) is 0 Å². The zero-order valence-corrected chi connectivity index (χ0v) is 13.5. The molecule has 124 valence electrons. The Labute approximate surface area is 136 Å². The van der Waals surface area contributed by atoms with Crippen LogP contribution in [0.5, 0.6) is 11.5 Å². The number of urea groups is 1. The third-order valence-electron chi connectivity index (χ3n) is 2.83. The van der Waals surface area contributed by atoms with Gasteiger partial charge >= 0.3 is 6.03 Å². The van der Waals surface area contributed by atoms with Crippen LogP contribution in [-0.4, -0.2) is 53.8 Å². The van der Waals surface area contributed by atoms with E-state index >= 15 is 0 Å². The molecule has 0 fully saturated rings. The number of methoxy groups -OCH3 is 2. The lowest BCUT2D eigenvalue weighted by molar-refractivity contribution is 0.0167. The number of hydrogen-bond donors (Lipinski definition) is 3. The summed E-state index contributed by atoms with van der Waals surface area (Å²) in [5.74, 6) is -0.127. The lowest BCUT2D eigenvalue weighted by Crippen LogP contribution is -2.37. The van der Waals surface area contributed by atoms with Crippen molar-refractivity contribution >= 4 is 22.5 Å². The van der Waals surface area contributed by atoms with Crippen molar-refractivity contribution in [1.82, 2.24) is 9.88 Å². The standard InChI is InChI=1S/C14H17N3O5S/c1-21-7-17(8-22-2)14(20)16-13-15-11(6-23-13)10-4-3-9(18)5-12(10)19/h3-6,18-19H,7-8H2,1-2H3,(H,15,16,20). The van der Waals surface area contributed by atoms with Crippen molar-refractivity contribution in [1.29, 1.82) is 0 Å². The lowest BCUT2D eigenvalue weighted by Gasteiger charge is -2.20. The topological polar surface area (TPSA) is 104 Å². The number of nitrogens with zero attached hydrogens (tertiary/aromatic N) is 2. The summed E-state index contributed by atoms with van der Waals surface area (Å²) in [6.45, 7) is 0.160. The molecular weight excluding hydrogens is 322 g/mol. The van der Waals surface area contributed by atoms with Gasteiger partial charge in [0.05, 0.1) is 5.69 Å². The van der Waals surface area contributed by atoms with Crippen molar-refractivity contribution in [2.24, 2.45) is 0 Å². The first-order chi connectivity index (χ1) is 11.0. The van der Waals surface area contributed by atoms with Crippen molar-refractivity contribution in [2.45, 2.75) is 0 Å². The lowest BCUT2D eigenvalue weighted by atomic mass is 10.1. The van der Waals surface area contributed by atoms with E-state index in [9.17, 15) is 15.0 Å². The highest BCUT2D eigenvalue weighted by Gasteiger charge is 2.16. The monoisotopic (exact) mass is 339 g/mol. The van der Waals surface area contributed by atoms with Crippen LogP contribution in [0.25, 0.3) is 11.3 Å². The number of phenols is 2. The van der Waals surface area contributed by atoms with E-state index in [-0.39, 0.29) is 25.0 Å². The second-order valence-electron chi connectivity index (χ2n) is 4.54. The molecule has 2 rings (SSSR count). The van der Waals surface area contributed by atoms with Gasteiger partial charge in [0.2, 0.25) is 0 Å². The molecule has 0 radical (unpaired) electrons. The van der Waals surface area contributed by atoms with Crippen LogP contribution >= 0.6 is 11.3 Å². The molecule has 0 saturated heterocycles. The van der Waals surface area contributed by atoms with Crippen LogP contribution in [-0.2, 0) is 9.47 Å². The smallest absolute Gasteiger partial charge is 0.327 e. The fourth-order valence-electron chi connectivity index (χ4n) is 1.83. The van der Waals surface area contributed by atoms with Gasteiger partial charge in [0, 0.05) is 31.2 Å². The number of benzene rings is 1. The minimum Gasteiger partial charge on any atom is -0.508 e. The first kappa shape index (κ1) is 17.0. The molecule has 1 heterocycles. The Morgan fingerprint density at radius 1 is 1.30 bits per heavy atom. The number of hydrogen-bond acceptors (Lipinski definition) is 7. The Kier molecular flexibility index (Phi) is 5.74. The Morgan fingerprint density at radius 3 is 2.61 bits per heavy atom. The third-order valence-corrected chi connectivity index (χ3v) is 3.59. The number of anilines is 1. The van der Waals surface area contributed by atoms with E-state index in [1.54, 1.807) is 11.4 Å². The molecule has 0 aliphatic heterocycles. The number of carbonyl (C=O) groups is 1. The van der Waals surface area contributed by atoms with Gasteiger partial charge in [-0.3, -0.25) is 10.2 Å². The van der Waals surface area contributed by atoms with Crippen LogP contribution in [0.3, 0.4) is 0 Å². The first-order valence-electron chi connectivity index (χ1n) is 6.56. The summed E-state index contributed by atoms with van der Waals surface area (Å²) >= 11 is 1.21. The fraction of sp³-hybridized carbons (Fsp3) is 0.286. The van der Waals surface area contributed by atoms with E-state index in [1.165, 1.54) is 42.6 Å². The number of ether oxygens (including phenoxy) is 2. The minimum absolute atomic E-state index is 0.0372. The van der Waals surface area contributed by atoms with Crippen LogP contribution in [0.15, 0.2) is 23.6 Å². The van der Waals surface area contributed by atoms with E-state index < -0.39 is 6.03 Å². The second-order valence-corrected chi connectivity index (χ2v) is 5.40. The summed E-state index contributed by atoms with van der Waals surface area (Å²) in [7, 11) is 2.95. The van der Waals surface area contributed by atoms with Crippen molar-refractivity contribution in [3.8, 4) is 22.8 Å². The van der Waals surface area contributed by atoms with Crippen molar-refractivity contribution in [2.75, 3.05) is 33.0 Å². The first-order valence-corrected chi connectivity index (χ1v) is 7.44. The second kappa shape index (κ2) is 7.77. The van der Waals surface area contributed by atoms with Crippen molar-refractivity contribution < 1.29 is 24.5 Å². The maximum Gasteiger partial charge on any atom is 0.327 e. The highest BCUT2D eigenvalue weighted by molar-refractivity contribution is 7.14. The van der Waals surface area contributed by atoms with Gasteiger partial charge in [-0.15, -0.1) is 11.3 Å². The summed E-state index contributed by atoms with van der Waals surface area (Å²) in [6.07, 6.45) is 0. The number of phenolic OH excluding ortho intramolecular Hbond substituents is 2. The van der Waals surface area contributed by atoms with Gasteiger partial charge < -0.3 is 19.7 Å². The average Bonchev–Trinajstić information content (AvgIpc) is 2.95. The Balaban J connectivity index is 2.11. The van der Waals surface area contributed by atoms with Gasteiger partial charge in [0.1, 0.15) is 25.0 Å². The Hall–Kier alpha value is -2.36. The van der Waals surface area contributed by atoms with Gasteiger partial charge in [-0.2, -0.15) is 0 Å². The van der Waals surface area contributed by atoms with E-state index in [1.807, 2.05) is 0 Å². The number of thiazole rings is 1. The summed E-state index contributed by atoms with van der Waals surface area (Å²) in [4.78, 5) is 17.7. The highest BCUT2D eigenvalue weighted by atomic mass is 32.1. The van der Waals surface area contributed by atoms with Gasteiger partial charge in [0.15, 0.2) is 5.13 Å². The molecule has 23 heavy (non-hydrogen) atoms. The minimum atomic E-state index is -0.412. The number of nitrogens with one attached hydrogen (secondary N) is 1. The Morgan fingerprint density at radius 2 is 2.00 bits per heavy atom. The molecular formula is C14H17N3O5S. The highest BCUT2D eigenvalue weighted by Crippen LogP contribution is 2.33. The number of carbonyl (C=O) groups excluding carboxylic acids is 1. The van der Waals surface area contributed by atoms with Gasteiger partial charge in [-0.1, -0.05) is 0 Å². The van der Waals surface area contributed by atoms with Crippen LogP contribution < -0.4 is 5.32 Å². The van der Waals surface area contributed by atoms with Crippen LogP contribution in [0.2, 0.25) is 0 Å². The quantitative estimate of drug-likeness (QED) is 0.698. The molecule has 2 aromatic rings. The maximum atomic E-state index is 12.1. The van der Waals surface area contributed by atoms with Crippen LogP contribution in [0.4, 0.5) is 9.93 Å². The molecule has 0 bridgehead atoms. The number of rotatable bonds is 6. The van der Waals surface area contributed by atoms with Crippen molar-refractivity contribution in [3.05, 3.63) is 23.6 Å². The van der Waals surface area contributed by atoms with Gasteiger partial charge in [-0.05, 0) is 12.1 Å². The average molecular weight is 339 g/mol. The van der Waals surface area contributed by atoms with E-state index in [2.05, 4.69) is 10.3 Å². The predicted molar refractivity (Wildman–Crippen MR) is 85.5 cm³/mol. The summed E-state index contributed by atoms with van der Waals surface area (Å²) < 4.78 is 9.86. The molecule has 2 amide bonds. The predicted octanol–water partition coefficient (Wildman–Crippen LogP) is 2.26. The van der Waals surface area contributed by atoms with E-state index in [0.717, 1.165) is 0 Å². The van der Waals surface area contributed by atoms with Crippen molar-refractivity contribution in [3.63, 3.8) is 0 Å². The summed E-state index contributed by atoms with van der Waals surface area (Å²) in [5.41, 5.74) is 0.957. The number of aromatic nitrogens is 1. The normalized spacial score (nSPS) is 10.5. The zero-order chi connectivity index (χ0) is 16.8. The number of amides is 2. The molecule has 0 aliphatic rings. The maximum absolute atomic E-state index is 12.1. The molecule has 0 spiro atoms. The molecule has 0 saturated carbocycles. The molecule has 3 N–H and O–H groups in total. The summed E-state index contributed by atoms with van der Waals surface area (Å²) in [6, 6.07) is 3.81. The van der Waals surface area contributed by atoms with Gasteiger partial charge in [-0.25, -0.2) is 9.78 Å². The van der Waals surface area contributed by atoms with Gasteiger partial charge in [0.25, 0.3) is 0 Å². The van der Waals surface area contributed by atoms with E-state index in [4.69, 9.17) is 9.47 Å². The largest absolute Gasteiger partial charge is 0.508 e. The Bertz CT molecular complexity index is 670. The molecule has 8 nitrogen and oxygen atoms in total. The molecule has 1 aromatic heterocycles. The van der Waals surface area contributed by atoms with E-state index in [0.29, 0.717) is 16.4 Å². The molecule has 0 unspecified atom stereocenters. The SMILES string of the molecule is COCN(COC)C(=O)Nc1nc(-c2ccc(O)cc2O)cs1. The summed E-state index contributed by atoms with van der Waals surface area (Å²) in [5, 5.41) is 23.8. The zero-order valence-electron chi connectivity index (χ0n) is 12.6.